The van der Waals surface area contributed by atoms with E-state index in [0.717, 1.165) is 16.0 Å². The molecule has 1 heterocycles. The number of hydrogen-bond acceptors (Lipinski definition) is 4. The monoisotopic (exact) mass is 472 g/mol. The number of carbonyl (C=O) groups excluding carboxylic acids is 3. The Kier molecular flexibility index (Phi) is 6.35. The van der Waals surface area contributed by atoms with E-state index in [-0.39, 0.29) is 0 Å². The first-order valence-corrected chi connectivity index (χ1v) is 10.9. The Balaban J connectivity index is 1.53. The highest BCUT2D eigenvalue weighted by Gasteiger charge is 2.49. The minimum absolute atomic E-state index is 0.437. The van der Waals surface area contributed by atoms with Gasteiger partial charge < -0.3 is 10.6 Å². The van der Waals surface area contributed by atoms with Crippen LogP contribution in [0.25, 0.3) is 0 Å². The molecule has 2 N–H and O–H groups in total. The van der Waals surface area contributed by atoms with Crippen LogP contribution in [-0.2, 0) is 15.1 Å². The lowest BCUT2D eigenvalue weighted by atomic mass is 9.91. The van der Waals surface area contributed by atoms with Crippen molar-refractivity contribution in [1.82, 2.24) is 15.5 Å². The van der Waals surface area contributed by atoms with Gasteiger partial charge >= 0.3 is 6.03 Å². The van der Waals surface area contributed by atoms with Crippen molar-refractivity contribution in [1.29, 1.82) is 5.26 Å². The number of nitrogens with one attached hydrogen (secondary N) is 2. The van der Waals surface area contributed by atoms with Gasteiger partial charge in [0.15, 0.2) is 0 Å². The van der Waals surface area contributed by atoms with Crippen molar-refractivity contribution in [3.63, 3.8) is 0 Å². The fraction of sp³-hybridized carbons (Fsp3) is 0.154. The van der Waals surface area contributed by atoms with E-state index in [9.17, 15) is 14.4 Å². The predicted molar refractivity (Wildman–Crippen MR) is 127 cm³/mol. The minimum Gasteiger partial charge on any atom is -0.344 e. The van der Waals surface area contributed by atoms with Gasteiger partial charge in [-0.1, -0.05) is 66.2 Å². The molecule has 1 saturated heterocycles. The number of benzene rings is 3. The zero-order chi connectivity index (χ0) is 24.3. The lowest BCUT2D eigenvalue weighted by molar-refractivity contribution is -0.135. The lowest BCUT2D eigenvalue weighted by Crippen LogP contribution is -2.44. The van der Waals surface area contributed by atoms with Gasteiger partial charge in [-0.25, -0.2) is 4.79 Å². The highest BCUT2D eigenvalue weighted by atomic mass is 35.5. The number of nitriles is 1. The van der Waals surface area contributed by atoms with Crippen LogP contribution < -0.4 is 10.6 Å². The number of amides is 4. The second-order valence-electron chi connectivity index (χ2n) is 8.10. The summed E-state index contributed by atoms with van der Waals surface area (Å²) in [5, 5.41) is 15.2. The SMILES string of the molecule is C[C@]1(c2ccc(C#N)cc2)NC(=O)N(CC(=O)N[C@H](c2ccccc2)c2ccc(Cl)cc2)C1=O. The molecule has 4 amide bonds. The molecule has 170 valence electrons. The molecule has 8 heteroatoms. The molecule has 7 nitrogen and oxygen atoms in total. The van der Waals surface area contributed by atoms with Gasteiger partial charge in [0.2, 0.25) is 5.91 Å². The Morgan fingerprint density at radius 2 is 1.65 bits per heavy atom. The van der Waals surface area contributed by atoms with Crippen molar-refractivity contribution in [2.75, 3.05) is 6.54 Å². The molecule has 1 aliphatic heterocycles. The topological polar surface area (TPSA) is 102 Å². The summed E-state index contributed by atoms with van der Waals surface area (Å²) in [6.07, 6.45) is 0. The Morgan fingerprint density at radius 3 is 2.26 bits per heavy atom. The normalized spacial score (nSPS) is 18.2. The second-order valence-corrected chi connectivity index (χ2v) is 8.53. The number of imide groups is 1. The standard InChI is InChI=1S/C26H21ClN4O3/c1-26(20-11-7-17(15-28)8-12-20)24(33)31(25(34)30-26)16-22(32)29-23(18-5-3-2-4-6-18)19-9-13-21(27)14-10-19/h2-14,23H,16H2,1H3,(H,29,32)(H,30,34)/t23-,26-/m1/s1. The number of carbonyl (C=O) groups is 3. The number of urea groups is 1. The Bertz CT molecular complexity index is 1270. The molecule has 0 saturated carbocycles. The molecular weight excluding hydrogens is 452 g/mol. The van der Waals surface area contributed by atoms with Crippen LogP contribution in [0.15, 0.2) is 78.9 Å². The number of rotatable bonds is 6. The van der Waals surface area contributed by atoms with Gasteiger partial charge in [0.25, 0.3) is 5.91 Å². The van der Waals surface area contributed by atoms with E-state index in [1.807, 2.05) is 48.5 Å². The van der Waals surface area contributed by atoms with Gasteiger partial charge in [-0.3, -0.25) is 14.5 Å². The van der Waals surface area contributed by atoms with Crippen molar-refractivity contribution in [3.8, 4) is 6.07 Å². The predicted octanol–water partition coefficient (Wildman–Crippen LogP) is 3.88. The van der Waals surface area contributed by atoms with Gasteiger partial charge in [0, 0.05) is 5.02 Å². The van der Waals surface area contributed by atoms with Crippen LogP contribution in [0.5, 0.6) is 0 Å². The first-order valence-electron chi connectivity index (χ1n) is 10.6. The van der Waals surface area contributed by atoms with Crippen LogP contribution in [0.1, 0.15) is 35.2 Å². The third kappa shape index (κ3) is 4.49. The fourth-order valence-corrected chi connectivity index (χ4v) is 4.05. The molecule has 0 unspecified atom stereocenters. The average molecular weight is 473 g/mol. The number of hydrogen-bond donors (Lipinski definition) is 2. The zero-order valence-electron chi connectivity index (χ0n) is 18.3. The third-order valence-electron chi connectivity index (χ3n) is 5.81. The van der Waals surface area contributed by atoms with E-state index in [4.69, 9.17) is 16.9 Å². The first kappa shape index (κ1) is 23.0. The summed E-state index contributed by atoms with van der Waals surface area (Å²) in [6.45, 7) is 1.14. The van der Waals surface area contributed by atoms with E-state index < -0.39 is 36.0 Å². The summed E-state index contributed by atoms with van der Waals surface area (Å²) in [5.41, 5.74) is 1.28. The summed E-state index contributed by atoms with van der Waals surface area (Å²) >= 11 is 6.02. The molecule has 0 spiro atoms. The maximum absolute atomic E-state index is 13.2. The van der Waals surface area contributed by atoms with Gasteiger partial charge in [-0.15, -0.1) is 0 Å². The van der Waals surface area contributed by atoms with Crippen LogP contribution in [0, 0.1) is 11.3 Å². The molecule has 4 rings (SSSR count). The van der Waals surface area contributed by atoms with Crippen molar-refractivity contribution in [2.45, 2.75) is 18.5 Å². The van der Waals surface area contributed by atoms with Gasteiger partial charge in [-0.05, 0) is 47.9 Å². The van der Waals surface area contributed by atoms with E-state index in [0.29, 0.717) is 16.1 Å². The molecule has 3 aromatic carbocycles. The van der Waals surface area contributed by atoms with Crippen LogP contribution in [0.3, 0.4) is 0 Å². The highest BCUT2D eigenvalue weighted by Crippen LogP contribution is 2.29. The molecule has 34 heavy (non-hydrogen) atoms. The van der Waals surface area contributed by atoms with Gasteiger partial charge in [0.1, 0.15) is 12.1 Å². The summed E-state index contributed by atoms with van der Waals surface area (Å²) in [7, 11) is 0. The molecular formula is C26H21ClN4O3. The minimum atomic E-state index is -1.33. The second kappa shape index (κ2) is 9.38. The third-order valence-corrected chi connectivity index (χ3v) is 6.06. The van der Waals surface area contributed by atoms with E-state index in [2.05, 4.69) is 10.6 Å². The summed E-state index contributed by atoms with van der Waals surface area (Å²) in [4.78, 5) is 39.7. The Morgan fingerprint density at radius 1 is 1.03 bits per heavy atom. The van der Waals surface area contributed by atoms with Crippen LogP contribution in [0.4, 0.5) is 4.79 Å². The first-order chi connectivity index (χ1) is 16.3. The van der Waals surface area contributed by atoms with Crippen molar-refractivity contribution in [2.24, 2.45) is 0 Å². The van der Waals surface area contributed by atoms with E-state index >= 15 is 0 Å². The molecule has 0 radical (unpaired) electrons. The quantitative estimate of drug-likeness (QED) is 0.531. The van der Waals surface area contributed by atoms with Gasteiger partial charge in [0.05, 0.1) is 17.7 Å². The zero-order valence-corrected chi connectivity index (χ0v) is 19.0. The summed E-state index contributed by atoms with van der Waals surface area (Å²) in [6, 6.07) is 23.7. The van der Waals surface area contributed by atoms with Crippen LogP contribution >= 0.6 is 11.6 Å². The number of nitrogens with zero attached hydrogens (tertiary/aromatic N) is 2. The molecule has 0 aromatic heterocycles. The van der Waals surface area contributed by atoms with Crippen LogP contribution in [-0.4, -0.2) is 29.3 Å². The average Bonchev–Trinajstić information content (AvgIpc) is 3.07. The number of halogens is 1. The molecule has 2 atom stereocenters. The lowest BCUT2D eigenvalue weighted by Gasteiger charge is -2.23. The molecule has 1 fully saturated rings. The summed E-state index contributed by atoms with van der Waals surface area (Å²) < 4.78 is 0. The van der Waals surface area contributed by atoms with E-state index in [1.165, 1.54) is 0 Å². The largest absolute Gasteiger partial charge is 0.344 e. The van der Waals surface area contributed by atoms with Gasteiger partial charge in [-0.2, -0.15) is 5.26 Å². The Hall–Kier alpha value is -4.15. The Labute approximate surface area is 201 Å². The molecule has 0 aliphatic carbocycles. The van der Waals surface area contributed by atoms with Crippen molar-refractivity contribution >= 4 is 29.4 Å². The maximum Gasteiger partial charge on any atom is 0.325 e. The maximum atomic E-state index is 13.2. The van der Waals surface area contributed by atoms with Crippen molar-refractivity contribution < 1.29 is 14.4 Å². The smallest absolute Gasteiger partial charge is 0.325 e. The molecule has 0 bridgehead atoms. The fourth-order valence-electron chi connectivity index (χ4n) is 3.92. The summed E-state index contributed by atoms with van der Waals surface area (Å²) in [5.74, 6) is -1.03. The molecule has 3 aromatic rings. The van der Waals surface area contributed by atoms with Crippen molar-refractivity contribution in [3.05, 3.63) is 106 Å². The van der Waals surface area contributed by atoms with E-state index in [1.54, 1.807) is 43.3 Å². The highest BCUT2D eigenvalue weighted by molar-refractivity contribution is 6.30. The van der Waals surface area contributed by atoms with Crippen LogP contribution in [0.2, 0.25) is 5.02 Å². The molecule has 1 aliphatic rings.